The maximum atomic E-state index is 5.96. The average molecular weight is 238 g/mol. The summed E-state index contributed by atoms with van der Waals surface area (Å²) in [4.78, 5) is 9.12. The molecule has 98 valence electrons. The summed E-state index contributed by atoms with van der Waals surface area (Å²) in [5, 5.41) is 0. The van der Waals surface area contributed by atoms with Gasteiger partial charge >= 0.3 is 0 Å². The Morgan fingerprint density at radius 1 is 1.41 bits per heavy atom. The minimum atomic E-state index is 0.661. The smallest absolute Gasteiger partial charge is 0.191 e. The second kappa shape index (κ2) is 5.71. The number of likely N-dealkylation sites (tertiary alicyclic amines) is 1. The van der Waals surface area contributed by atoms with Gasteiger partial charge in [-0.3, -0.25) is 4.99 Å². The Bertz CT molecular complexity index is 273. The number of hydrogen-bond acceptors (Lipinski definition) is 2. The van der Waals surface area contributed by atoms with Crippen molar-refractivity contribution in [3.05, 3.63) is 0 Å². The van der Waals surface area contributed by atoms with Crippen LogP contribution in [0, 0.1) is 5.92 Å². The number of guanidine groups is 1. The van der Waals surface area contributed by atoms with Crippen LogP contribution in [0.4, 0.5) is 0 Å². The third kappa shape index (κ3) is 3.87. The van der Waals surface area contributed by atoms with Crippen molar-refractivity contribution in [3.63, 3.8) is 0 Å². The van der Waals surface area contributed by atoms with Crippen LogP contribution in [0.25, 0.3) is 0 Å². The minimum absolute atomic E-state index is 0.661. The number of piperidine rings is 1. The summed E-state index contributed by atoms with van der Waals surface area (Å²) in [7, 11) is 2.06. The lowest BCUT2D eigenvalue weighted by Gasteiger charge is -2.30. The monoisotopic (exact) mass is 238 g/mol. The van der Waals surface area contributed by atoms with Crippen LogP contribution in [0.2, 0.25) is 0 Å². The Kier molecular flexibility index (Phi) is 4.26. The molecule has 0 amide bonds. The Labute approximate surface area is 105 Å². The van der Waals surface area contributed by atoms with E-state index < -0.39 is 0 Å². The lowest BCUT2D eigenvalue weighted by molar-refractivity contribution is 0.189. The molecular formula is C13H26N4. The molecule has 0 radical (unpaired) electrons. The van der Waals surface area contributed by atoms with Crippen molar-refractivity contribution in [3.8, 4) is 0 Å². The van der Waals surface area contributed by atoms with Crippen molar-refractivity contribution >= 4 is 5.96 Å². The van der Waals surface area contributed by atoms with Crippen LogP contribution in [0.3, 0.4) is 0 Å². The van der Waals surface area contributed by atoms with Gasteiger partial charge in [-0.1, -0.05) is 6.92 Å². The first kappa shape index (κ1) is 12.7. The normalized spacial score (nSPS) is 27.2. The molecule has 0 bridgehead atoms. The van der Waals surface area contributed by atoms with Crippen LogP contribution in [0.15, 0.2) is 4.99 Å². The lowest BCUT2D eigenvalue weighted by Crippen LogP contribution is -2.38. The van der Waals surface area contributed by atoms with E-state index in [0.717, 1.165) is 25.0 Å². The molecule has 2 fully saturated rings. The summed E-state index contributed by atoms with van der Waals surface area (Å²) in [5.41, 5.74) is 5.96. The maximum Gasteiger partial charge on any atom is 0.191 e. The first-order chi connectivity index (χ1) is 8.16. The third-order valence-corrected chi connectivity index (χ3v) is 3.89. The molecule has 1 aliphatic carbocycles. The molecule has 0 aromatic rings. The summed E-state index contributed by atoms with van der Waals surface area (Å²) < 4.78 is 0. The van der Waals surface area contributed by atoms with Crippen molar-refractivity contribution < 1.29 is 0 Å². The zero-order valence-electron chi connectivity index (χ0n) is 11.2. The summed E-state index contributed by atoms with van der Waals surface area (Å²) in [6.07, 6.45) is 5.27. The summed E-state index contributed by atoms with van der Waals surface area (Å²) in [6, 6.07) is 0.661. The Morgan fingerprint density at radius 2 is 2.18 bits per heavy atom. The fourth-order valence-corrected chi connectivity index (χ4v) is 2.56. The van der Waals surface area contributed by atoms with Gasteiger partial charge in [0.1, 0.15) is 0 Å². The fourth-order valence-electron chi connectivity index (χ4n) is 2.56. The number of nitrogens with two attached hydrogens (primary N) is 1. The highest BCUT2D eigenvalue weighted by Gasteiger charge is 2.27. The van der Waals surface area contributed by atoms with Gasteiger partial charge in [0.05, 0.1) is 6.54 Å². The van der Waals surface area contributed by atoms with E-state index in [2.05, 4.69) is 28.8 Å². The topological polar surface area (TPSA) is 44.9 Å². The van der Waals surface area contributed by atoms with Gasteiger partial charge in [0.25, 0.3) is 0 Å². The first-order valence-electron chi connectivity index (χ1n) is 6.92. The van der Waals surface area contributed by atoms with Crippen LogP contribution in [0.5, 0.6) is 0 Å². The van der Waals surface area contributed by atoms with E-state index in [0.29, 0.717) is 6.04 Å². The quantitative estimate of drug-likeness (QED) is 0.590. The summed E-state index contributed by atoms with van der Waals surface area (Å²) >= 11 is 0. The molecule has 4 nitrogen and oxygen atoms in total. The Morgan fingerprint density at radius 3 is 2.82 bits per heavy atom. The van der Waals surface area contributed by atoms with Crippen LogP contribution >= 0.6 is 0 Å². The van der Waals surface area contributed by atoms with Crippen molar-refractivity contribution in [2.45, 2.75) is 38.6 Å². The predicted octanol–water partition coefficient (Wildman–Crippen LogP) is 1.13. The highest BCUT2D eigenvalue weighted by molar-refractivity contribution is 5.78. The van der Waals surface area contributed by atoms with E-state index in [1.807, 2.05) is 0 Å². The highest BCUT2D eigenvalue weighted by atomic mass is 15.3. The minimum Gasteiger partial charge on any atom is -0.370 e. The maximum absolute atomic E-state index is 5.96. The molecule has 0 spiro atoms. The number of nitrogens with zero attached hydrogens (tertiary/aromatic N) is 3. The molecule has 17 heavy (non-hydrogen) atoms. The fraction of sp³-hybridized carbons (Fsp3) is 0.923. The molecule has 1 saturated carbocycles. The van der Waals surface area contributed by atoms with Crippen LogP contribution in [0.1, 0.15) is 32.6 Å². The van der Waals surface area contributed by atoms with Crippen molar-refractivity contribution in [1.29, 1.82) is 0 Å². The molecule has 2 rings (SSSR count). The van der Waals surface area contributed by atoms with Gasteiger partial charge in [-0.2, -0.15) is 0 Å². The van der Waals surface area contributed by atoms with E-state index >= 15 is 0 Å². The van der Waals surface area contributed by atoms with Gasteiger partial charge in [-0.05, 0) is 38.1 Å². The van der Waals surface area contributed by atoms with E-state index in [1.54, 1.807) is 0 Å². The highest BCUT2D eigenvalue weighted by Crippen LogP contribution is 2.24. The second-order valence-electron chi connectivity index (χ2n) is 5.63. The lowest BCUT2D eigenvalue weighted by atomic mass is 10.0. The summed E-state index contributed by atoms with van der Waals surface area (Å²) in [5.74, 6) is 1.57. The number of aliphatic imine (C=N–C) groups is 1. The van der Waals surface area contributed by atoms with Crippen molar-refractivity contribution in [2.24, 2.45) is 16.6 Å². The molecule has 1 heterocycles. The van der Waals surface area contributed by atoms with E-state index in [9.17, 15) is 0 Å². The molecule has 1 saturated heterocycles. The van der Waals surface area contributed by atoms with E-state index in [1.165, 1.54) is 38.8 Å². The van der Waals surface area contributed by atoms with Gasteiger partial charge < -0.3 is 15.5 Å². The molecule has 0 aromatic heterocycles. The van der Waals surface area contributed by atoms with Crippen molar-refractivity contribution in [1.82, 2.24) is 9.80 Å². The molecule has 1 aliphatic heterocycles. The van der Waals surface area contributed by atoms with Crippen molar-refractivity contribution in [2.75, 3.05) is 33.2 Å². The SMILES string of the molecule is CC1CCCN(CCN=C(N)N(C)C2CC2)C1. The molecule has 4 heteroatoms. The van der Waals surface area contributed by atoms with Gasteiger partial charge in [0.15, 0.2) is 5.96 Å². The van der Waals surface area contributed by atoms with E-state index in [-0.39, 0.29) is 0 Å². The van der Waals surface area contributed by atoms with Crippen LogP contribution in [-0.2, 0) is 0 Å². The second-order valence-corrected chi connectivity index (χ2v) is 5.63. The zero-order chi connectivity index (χ0) is 12.3. The van der Waals surface area contributed by atoms with Crippen LogP contribution in [-0.4, -0.2) is 55.0 Å². The average Bonchev–Trinajstić information content (AvgIpc) is 3.12. The van der Waals surface area contributed by atoms with Crippen LogP contribution < -0.4 is 5.73 Å². The van der Waals surface area contributed by atoms with Gasteiger partial charge in [-0.15, -0.1) is 0 Å². The number of hydrogen-bond donors (Lipinski definition) is 1. The first-order valence-corrected chi connectivity index (χ1v) is 6.92. The van der Waals surface area contributed by atoms with Gasteiger partial charge in [0, 0.05) is 26.2 Å². The standard InChI is InChI=1S/C13H26N4/c1-11-4-3-8-17(10-11)9-7-15-13(14)16(2)12-5-6-12/h11-12H,3-10H2,1-2H3,(H2,14,15). The Hall–Kier alpha value is -0.770. The molecule has 0 aromatic carbocycles. The van der Waals surface area contributed by atoms with Gasteiger partial charge in [0.2, 0.25) is 0 Å². The number of rotatable bonds is 4. The molecular weight excluding hydrogens is 212 g/mol. The molecule has 2 aliphatic rings. The van der Waals surface area contributed by atoms with E-state index in [4.69, 9.17) is 5.73 Å². The zero-order valence-corrected chi connectivity index (χ0v) is 11.2. The molecule has 1 atom stereocenters. The predicted molar refractivity (Wildman–Crippen MR) is 72.1 cm³/mol. The summed E-state index contributed by atoms with van der Waals surface area (Å²) in [6.45, 7) is 6.70. The third-order valence-electron chi connectivity index (χ3n) is 3.89. The van der Waals surface area contributed by atoms with Gasteiger partial charge in [-0.25, -0.2) is 0 Å². The Balaban J connectivity index is 1.68. The molecule has 2 N–H and O–H groups in total. The molecule has 1 unspecified atom stereocenters. The largest absolute Gasteiger partial charge is 0.370 e.